The van der Waals surface area contributed by atoms with Crippen LogP contribution in [-0.4, -0.2) is 86.1 Å². The standard InChI is InChI=1S/C20H16N4O3S2.C15H12N2O4S.C6H8N2S/c1-28-20-21-9-7-16(23-20)12-18(25)15-11-14-8-10-24(19(14)22-13-15)29(26,27)17-5-3-2-4-6-17;1-21-15(18)12-9-11-7-8-17(14(11)16-10-12)22(19,20)13-5-3-2-4-6-13;1-5-3-4-7-6(8-5)9-2/h2-11,13H,12H2,1H3;2-10H,1H3;3-4H,1-2H3. The van der Waals surface area contributed by atoms with Crippen LogP contribution >= 0.6 is 23.5 Å². The highest BCUT2D eigenvalue weighted by molar-refractivity contribution is 7.98. The average Bonchev–Trinajstić information content (AvgIpc) is 3.92. The predicted octanol–water partition coefficient (Wildman–Crippen LogP) is 6.78. The number of thioether (sulfide) groups is 2. The molecule has 0 saturated carbocycles. The fourth-order valence-corrected chi connectivity index (χ4v) is 8.98. The van der Waals surface area contributed by atoms with E-state index < -0.39 is 26.0 Å². The fraction of sp³-hybridized carbons (Fsp3) is 0.122. The lowest BCUT2D eigenvalue weighted by Crippen LogP contribution is -2.12. The molecule has 306 valence electrons. The fourth-order valence-electron chi connectivity index (χ4n) is 5.55. The van der Waals surface area contributed by atoms with E-state index in [1.54, 1.807) is 90.9 Å². The van der Waals surface area contributed by atoms with E-state index in [-0.39, 0.29) is 38.9 Å². The molecule has 0 saturated heterocycles. The number of fused-ring (bicyclic) bond motifs is 2. The molecular weight excluding hydrogens is 845 g/mol. The quantitative estimate of drug-likeness (QED) is 0.0602. The topological polar surface area (TPSA) is 199 Å². The van der Waals surface area contributed by atoms with E-state index in [1.807, 2.05) is 25.5 Å². The van der Waals surface area contributed by atoms with E-state index in [1.165, 1.54) is 67.9 Å². The molecule has 8 rings (SSSR count). The van der Waals surface area contributed by atoms with Crippen molar-refractivity contribution in [3.8, 4) is 0 Å². The zero-order valence-corrected chi connectivity index (χ0v) is 35.7. The summed E-state index contributed by atoms with van der Waals surface area (Å²) in [5.41, 5.74) is 2.85. The van der Waals surface area contributed by atoms with Gasteiger partial charge >= 0.3 is 5.97 Å². The number of aromatic nitrogens is 8. The zero-order chi connectivity index (χ0) is 42.9. The number of methoxy groups -OCH3 is 1. The van der Waals surface area contributed by atoms with E-state index in [0.29, 0.717) is 27.2 Å². The molecule has 6 aromatic heterocycles. The Morgan fingerprint density at radius 3 is 1.60 bits per heavy atom. The Hall–Kier alpha value is -6.28. The third-order valence-corrected chi connectivity index (χ3v) is 13.0. The smallest absolute Gasteiger partial charge is 0.339 e. The van der Waals surface area contributed by atoms with Crippen LogP contribution in [0, 0.1) is 6.92 Å². The normalized spacial score (nSPS) is 11.3. The lowest BCUT2D eigenvalue weighted by atomic mass is 10.1. The van der Waals surface area contributed by atoms with Gasteiger partial charge in [-0.05, 0) is 80.1 Å². The molecule has 0 aliphatic carbocycles. The van der Waals surface area contributed by atoms with Gasteiger partial charge < -0.3 is 4.74 Å². The highest BCUT2D eigenvalue weighted by Crippen LogP contribution is 2.23. The molecule has 0 N–H and O–H groups in total. The second kappa shape index (κ2) is 19.2. The third kappa shape index (κ3) is 9.94. The first-order valence-corrected chi connectivity index (χ1v) is 23.0. The van der Waals surface area contributed by atoms with Crippen molar-refractivity contribution in [1.29, 1.82) is 0 Å². The number of hydrogen-bond donors (Lipinski definition) is 0. The molecule has 19 heteroatoms. The molecule has 15 nitrogen and oxygen atoms in total. The highest BCUT2D eigenvalue weighted by Gasteiger charge is 2.22. The van der Waals surface area contributed by atoms with Gasteiger partial charge in [0.2, 0.25) is 0 Å². The van der Waals surface area contributed by atoms with Crippen LogP contribution < -0.4 is 0 Å². The van der Waals surface area contributed by atoms with Gasteiger partial charge in [0.1, 0.15) is 0 Å². The summed E-state index contributed by atoms with van der Waals surface area (Å²) >= 11 is 2.97. The lowest BCUT2D eigenvalue weighted by Gasteiger charge is -2.07. The number of aryl methyl sites for hydroxylation is 1. The van der Waals surface area contributed by atoms with Gasteiger partial charge in [0.25, 0.3) is 20.0 Å². The van der Waals surface area contributed by atoms with Gasteiger partial charge in [0, 0.05) is 59.2 Å². The van der Waals surface area contributed by atoms with Crippen molar-refractivity contribution in [2.75, 3.05) is 19.6 Å². The number of ether oxygens (including phenoxy) is 1. The van der Waals surface area contributed by atoms with Crippen LogP contribution in [0.15, 0.2) is 154 Å². The van der Waals surface area contributed by atoms with Crippen LogP contribution in [0.1, 0.15) is 32.1 Å². The van der Waals surface area contributed by atoms with Gasteiger partial charge in [-0.2, -0.15) is 0 Å². The summed E-state index contributed by atoms with van der Waals surface area (Å²) in [6.45, 7) is 1.96. The lowest BCUT2D eigenvalue weighted by molar-refractivity contribution is 0.0600. The van der Waals surface area contributed by atoms with E-state index in [2.05, 4.69) is 34.6 Å². The summed E-state index contributed by atoms with van der Waals surface area (Å²) in [5, 5.41) is 2.56. The van der Waals surface area contributed by atoms with Crippen LogP contribution in [0.25, 0.3) is 22.1 Å². The molecule has 0 atom stereocenters. The van der Waals surface area contributed by atoms with Gasteiger partial charge in [-0.3, -0.25) is 4.79 Å². The molecule has 0 fully saturated rings. The summed E-state index contributed by atoms with van der Waals surface area (Å²) < 4.78 is 57.8. The van der Waals surface area contributed by atoms with Crippen molar-refractivity contribution < 1.29 is 31.2 Å². The van der Waals surface area contributed by atoms with Crippen molar-refractivity contribution >= 4 is 77.4 Å². The molecule has 0 bridgehead atoms. The minimum Gasteiger partial charge on any atom is -0.465 e. The number of carbonyl (C=O) groups excluding carboxylic acids is 2. The van der Waals surface area contributed by atoms with E-state index >= 15 is 0 Å². The zero-order valence-electron chi connectivity index (χ0n) is 32.5. The van der Waals surface area contributed by atoms with Gasteiger partial charge in [-0.25, -0.2) is 59.5 Å². The second-order valence-corrected chi connectivity index (χ2v) is 17.6. The molecule has 60 heavy (non-hydrogen) atoms. The predicted molar refractivity (Wildman–Crippen MR) is 229 cm³/mol. The van der Waals surface area contributed by atoms with Crippen molar-refractivity contribution in [1.82, 2.24) is 37.8 Å². The van der Waals surface area contributed by atoms with E-state index in [4.69, 9.17) is 0 Å². The number of ketones is 1. The minimum absolute atomic E-state index is 0.117. The van der Waals surface area contributed by atoms with Crippen molar-refractivity contribution in [3.05, 3.63) is 157 Å². The first kappa shape index (κ1) is 43.3. The maximum absolute atomic E-state index is 12.9. The van der Waals surface area contributed by atoms with Crippen molar-refractivity contribution in [2.24, 2.45) is 0 Å². The van der Waals surface area contributed by atoms with E-state index in [9.17, 15) is 26.4 Å². The Morgan fingerprint density at radius 2 is 1.12 bits per heavy atom. The molecule has 0 unspecified atom stereocenters. The molecule has 0 aliphatic rings. The summed E-state index contributed by atoms with van der Waals surface area (Å²) in [7, 11) is -6.21. The van der Waals surface area contributed by atoms with Gasteiger partial charge in [-0.15, -0.1) is 0 Å². The van der Waals surface area contributed by atoms with Crippen LogP contribution in [0.4, 0.5) is 0 Å². The second-order valence-electron chi connectivity index (χ2n) is 12.4. The number of esters is 1. The molecule has 0 spiro atoms. The molecule has 0 amide bonds. The van der Waals surface area contributed by atoms with Crippen LogP contribution in [0.2, 0.25) is 0 Å². The number of nitrogens with zero attached hydrogens (tertiary/aromatic N) is 8. The minimum atomic E-state index is -3.76. The summed E-state index contributed by atoms with van der Waals surface area (Å²) in [5.74, 6) is -0.670. The van der Waals surface area contributed by atoms with Crippen LogP contribution in [0.3, 0.4) is 0 Å². The molecular formula is C41H36N8O7S4. The number of hydrogen-bond acceptors (Lipinski definition) is 15. The Labute approximate surface area is 354 Å². The Morgan fingerprint density at radius 1 is 0.633 bits per heavy atom. The highest BCUT2D eigenvalue weighted by atomic mass is 32.2. The third-order valence-electron chi connectivity index (χ3n) is 8.50. The Kier molecular flexibility index (Phi) is 13.9. The Bertz CT molecular complexity index is 3020. The van der Waals surface area contributed by atoms with Gasteiger partial charge in [-0.1, -0.05) is 59.9 Å². The SMILES string of the molecule is COC(=O)c1cnc2c(ccn2S(=O)(=O)c2ccccc2)c1.CSc1nccc(C)n1.CSc1nccc(CC(=O)c2cnc3c(ccn3S(=O)(=O)c3ccccc3)c2)n1. The molecule has 8 aromatic rings. The van der Waals surface area contributed by atoms with Crippen LogP contribution in [-0.2, 0) is 31.2 Å². The number of benzene rings is 2. The maximum atomic E-state index is 12.9. The van der Waals surface area contributed by atoms with Gasteiger partial charge in [0.15, 0.2) is 27.4 Å². The summed E-state index contributed by atoms with van der Waals surface area (Å²) in [6, 6.07) is 26.2. The van der Waals surface area contributed by atoms with E-state index in [0.717, 1.165) is 18.8 Å². The Balaban J connectivity index is 0.000000171. The molecule has 0 radical (unpaired) electrons. The first-order chi connectivity index (χ1) is 28.8. The molecule has 2 aromatic carbocycles. The van der Waals surface area contributed by atoms with Crippen LogP contribution in [0.5, 0.6) is 0 Å². The number of rotatable bonds is 10. The number of carbonyl (C=O) groups is 2. The summed E-state index contributed by atoms with van der Waals surface area (Å²) in [6.07, 6.45) is 12.9. The molecule has 6 heterocycles. The largest absolute Gasteiger partial charge is 0.465 e. The van der Waals surface area contributed by atoms with Crippen molar-refractivity contribution in [2.45, 2.75) is 33.4 Å². The number of Topliss-reactive ketones (excluding diaryl/α,β-unsaturated/α-hetero) is 1. The van der Waals surface area contributed by atoms with Crippen molar-refractivity contribution in [3.63, 3.8) is 0 Å². The molecule has 0 aliphatic heterocycles. The number of pyridine rings is 2. The maximum Gasteiger partial charge on any atom is 0.339 e. The monoisotopic (exact) mass is 880 g/mol. The first-order valence-electron chi connectivity index (χ1n) is 17.7. The summed E-state index contributed by atoms with van der Waals surface area (Å²) in [4.78, 5) is 49.4. The average molecular weight is 881 g/mol. The van der Waals surface area contributed by atoms with Gasteiger partial charge in [0.05, 0.1) is 34.6 Å².